The number of hydrogen-bond donors (Lipinski definition) is 2. The smallest absolute Gasteiger partial charge is 0.320 e. The topological polar surface area (TPSA) is 93.2 Å². The highest BCUT2D eigenvalue weighted by molar-refractivity contribution is 5.83. The van der Waals surface area contributed by atoms with Crippen LogP contribution in [0, 0.1) is 0 Å². The van der Waals surface area contributed by atoms with Crippen molar-refractivity contribution in [1.82, 2.24) is 20.0 Å². The Morgan fingerprint density at radius 1 is 1.20 bits per heavy atom. The van der Waals surface area contributed by atoms with Crippen LogP contribution in [0.15, 0.2) is 0 Å². The molecule has 1 rings (SSSR count). The van der Waals surface area contributed by atoms with E-state index in [2.05, 4.69) is 5.32 Å². The van der Waals surface area contributed by atoms with Crippen molar-refractivity contribution >= 4 is 17.9 Å². The maximum absolute atomic E-state index is 12.1. The van der Waals surface area contributed by atoms with Crippen molar-refractivity contribution in [2.75, 3.05) is 53.4 Å². The van der Waals surface area contributed by atoms with Gasteiger partial charge in [0.25, 0.3) is 0 Å². The highest BCUT2D eigenvalue weighted by Crippen LogP contribution is 2.05. The van der Waals surface area contributed by atoms with Crippen LogP contribution >= 0.6 is 0 Å². The molecular weight excluding hydrogens is 264 g/mol. The first-order valence-corrected chi connectivity index (χ1v) is 6.58. The number of piperazine rings is 1. The molecule has 0 spiro atoms. The summed E-state index contributed by atoms with van der Waals surface area (Å²) in [6, 6.07) is -0.175. The van der Waals surface area contributed by atoms with Crippen LogP contribution < -0.4 is 5.32 Å². The minimum Gasteiger partial charge on any atom is -0.481 e. The van der Waals surface area contributed by atoms with E-state index in [-0.39, 0.29) is 24.9 Å². The molecule has 1 aliphatic rings. The van der Waals surface area contributed by atoms with Gasteiger partial charge in [0.05, 0.1) is 6.42 Å². The van der Waals surface area contributed by atoms with E-state index in [1.165, 1.54) is 11.9 Å². The molecule has 0 atom stereocenters. The number of likely N-dealkylation sites (N-methyl/N-ethyl adjacent to an activating group) is 2. The number of hydrogen-bond acceptors (Lipinski definition) is 4. The summed E-state index contributed by atoms with van der Waals surface area (Å²) in [7, 11) is 3.12. The molecule has 0 aliphatic carbocycles. The fraction of sp³-hybridized carbons (Fsp3) is 0.750. The molecule has 0 aromatic rings. The van der Waals surface area contributed by atoms with Gasteiger partial charge in [-0.1, -0.05) is 0 Å². The SMILES string of the molecule is CNC(=O)CN(C)C(=O)N1CCN(CCC(=O)O)CC1. The van der Waals surface area contributed by atoms with Crippen LogP contribution in [0.25, 0.3) is 0 Å². The Bertz CT molecular complexity index is 366. The Labute approximate surface area is 118 Å². The third kappa shape index (κ3) is 5.04. The molecule has 1 heterocycles. The van der Waals surface area contributed by atoms with Crippen LogP contribution in [0.5, 0.6) is 0 Å². The van der Waals surface area contributed by atoms with Gasteiger partial charge in [-0.3, -0.25) is 14.5 Å². The van der Waals surface area contributed by atoms with Crippen LogP contribution in [0.1, 0.15) is 6.42 Å². The molecule has 20 heavy (non-hydrogen) atoms. The highest BCUT2D eigenvalue weighted by Gasteiger charge is 2.24. The van der Waals surface area contributed by atoms with Gasteiger partial charge in [0.2, 0.25) is 5.91 Å². The summed E-state index contributed by atoms with van der Waals surface area (Å²) in [5.74, 6) is -1.02. The van der Waals surface area contributed by atoms with Gasteiger partial charge in [-0.05, 0) is 0 Å². The fourth-order valence-electron chi connectivity index (χ4n) is 2.02. The van der Waals surface area contributed by atoms with Crippen molar-refractivity contribution in [3.05, 3.63) is 0 Å². The van der Waals surface area contributed by atoms with Crippen LogP contribution in [0.3, 0.4) is 0 Å². The molecule has 114 valence electrons. The van der Waals surface area contributed by atoms with Crippen molar-refractivity contribution < 1.29 is 19.5 Å². The molecule has 8 nitrogen and oxygen atoms in total. The molecule has 2 N–H and O–H groups in total. The monoisotopic (exact) mass is 286 g/mol. The highest BCUT2D eigenvalue weighted by atomic mass is 16.4. The van der Waals surface area contributed by atoms with Crippen molar-refractivity contribution in [2.24, 2.45) is 0 Å². The quantitative estimate of drug-likeness (QED) is 0.667. The zero-order chi connectivity index (χ0) is 15.1. The molecule has 0 aromatic heterocycles. The summed E-state index contributed by atoms with van der Waals surface area (Å²) in [5.41, 5.74) is 0. The second kappa shape index (κ2) is 7.68. The molecule has 0 aromatic carbocycles. The molecule has 3 amide bonds. The van der Waals surface area contributed by atoms with Crippen LogP contribution in [0.2, 0.25) is 0 Å². The second-order valence-electron chi connectivity index (χ2n) is 4.78. The standard InChI is InChI=1S/C12H22N4O4/c1-13-10(17)9-14(2)12(20)16-7-5-15(6-8-16)4-3-11(18)19/h3-9H2,1-2H3,(H,13,17)(H,18,19). The number of carboxylic acid groups (broad SMARTS) is 1. The number of nitrogens with zero attached hydrogens (tertiary/aromatic N) is 3. The van der Waals surface area contributed by atoms with E-state index in [1.54, 1.807) is 11.9 Å². The average molecular weight is 286 g/mol. The van der Waals surface area contributed by atoms with Crippen LogP contribution in [0.4, 0.5) is 4.79 Å². The minimum atomic E-state index is -0.811. The van der Waals surface area contributed by atoms with Gasteiger partial charge < -0.3 is 20.2 Å². The van der Waals surface area contributed by atoms with E-state index in [9.17, 15) is 14.4 Å². The number of carbonyl (C=O) groups is 3. The van der Waals surface area contributed by atoms with Crippen LogP contribution in [-0.2, 0) is 9.59 Å². The van der Waals surface area contributed by atoms with Gasteiger partial charge in [-0.25, -0.2) is 4.79 Å². The Balaban J connectivity index is 2.35. The first kappa shape index (κ1) is 16.2. The number of rotatable bonds is 5. The predicted octanol–water partition coefficient (Wildman–Crippen LogP) is -1.12. The summed E-state index contributed by atoms with van der Waals surface area (Å²) in [4.78, 5) is 38.9. The number of nitrogens with one attached hydrogen (secondary N) is 1. The fourth-order valence-corrected chi connectivity index (χ4v) is 2.02. The number of carbonyl (C=O) groups excluding carboxylic acids is 2. The molecule has 0 bridgehead atoms. The van der Waals surface area contributed by atoms with E-state index < -0.39 is 5.97 Å². The molecule has 1 aliphatic heterocycles. The number of urea groups is 1. The van der Waals surface area contributed by atoms with Crippen molar-refractivity contribution in [3.63, 3.8) is 0 Å². The molecule has 8 heteroatoms. The zero-order valence-electron chi connectivity index (χ0n) is 12.0. The molecule has 1 saturated heterocycles. The van der Waals surface area contributed by atoms with Gasteiger partial charge in [-0.2, -0.15) is 0 Å². The van der Waals surface area contributed by atoms with E-state index in [1.807, 2.05) is 4.90 Å². The number of amides is 3. The molecule has 0 unspecified atom stereocenters. The third-order valence-corrected chi connectivity index (χ3v) is 3.27. The summed E-state index contributed by atoms with van der Waals surface area (Å²) >= 11 is 0. The van der Waals surface area contributed by atoms with Crippen molar-refractivity contribution in [3.8, 4) is 0 Å². The second-order valence-corrected chi connectivity index (χ2v) is 4.78. The zero-order valence-corrected chi connectivity index (χ0v) is 12.0. The first-order valence-electron chi connectivity index (χ1n) is 6.58. The summed E-state index contributed by atoms with van der Waals surface area (Å²) < 4.78 is 0. The Hall–Kier alpha value is -1.83. The molecule has 0 radical (unpaired) electrons. The maximum Gasteiger partial charge on any atom is 0.320 e. The Kier molecular flexibility index (Phi) is 6.23. The van der Waals surface area contributed by atoms with Gasteiger partial charge in [0.15, 0.2) is 0 Å². The Morgan fingerprint density at radius 2 is 1.80 bits per heavy atom. The Morgan fingerprint density at radius 3 is 2.30 bits per heavy atom. The third-order valence-electron chi connectivity index (χ3n) is 3.27. The number of carboxylic acids is 1. The predicted molar refractivity (Wildman–Crippen MR) is 72.4 cm³/mol. The van der Waals surface area contributed by atoms with E-state index in [4.69, 9.17) is 5.11 Å². The maximum atomic E-state index is 12.1. The largest absolute Gasteiger partial charge is 0.481 e. The van der Waals surface area contributed by atoms with Crippen molar-refractivity contribution in [1.29, 1.82) is 0 Å². The average Bonchev–Trinajstić information content (AvgIpc) is 2.44. The summed E-state index contributed by atoms with van der Waals surface area (Å²) in [6.45, 7) is 2.97. The molecule has 0 saturated carbocycles. The van der Waals surface area contributed by atoms with Crippen LogP contribution in [-0.4, -0.2) is 91.1 Å². The van der Waals surface area contributed by atoms with Gasteiger partial charge in [-0.15, -0.1) is 0 Å². The lowest BCUT2D eigenvalue weighted by molar-refractivity contribution is -0.137. The molecule has 1 fully saturated rings. The lowest BCUT2D eigenvalue weighted by Crippen LogP contribution is -2.53. The lowest BCUT2D eigenvalue weighted by Gasteiger charge is -2.36. The summed E-state index contributed by atoms with van der Waals surface area (Å²) in [6.07, 6.45) is 0.116. The van der Waals surface area contributed by atoms with Gasteiger partial charge in [0.1, 0.15) is 6.54 Å². The van der Waals surface area contributed by atoms with Gasteiger partial charge >= 0.3 is 12.0 Å². The normalized spacial score (nSPS) is 15.8. The van der Waals surface area contributed by atoms with E-state index in [0.717, 1.165) is 0 Å². The van der Waals surface area contributed by atoms with Crippen molar-refractivity contribution in [2.45, 2.75) is 6.42 Å². The molecular formula is C12H22N4O4. The first-order chi connectivity index (χ1) is 9.43. The van der Waals surface area contributed by atoms with E-state index in [0.29, 0.717) is 32.7 Å². The minimum absolute atomic E-state index is 0.0363. The van der Waals surface area contributed by atoms with E-state index >= 15 is 0 Å². The lowest BCUT2D eigenvalue weighted by atomic mass is 10.3. The van der Waals surface area contributed by atoms with Gasteiger partial charge in [0, 0.05) is 46.8 Å². The summed E-state index contributed by atoms with van der Waals surface area (Å²) in [5, 5.41) is 11.1. The number of aliphatic carboxylic acids is 1.